The molecule has 1 aliphatic heterocycles. The van der Waals surface area contributed by atoms with Gasteiger partial charge in [-0.15, -0.1) is 0 Å². The van der Waals surface area contributed by atoms with E-state index in [0.29, 0.717) is 17.6 Å². The predicted octanol–water partition coefficient (Wildman–Crippen LogP) is 2.33. The van der Waals surface area contributed by atoms with Crippen LogP contribution in [0.4, 0.5) is 0 Å². The first-order chi connectivity index (χ1) is 6.66. The zero-order valence-corrected chi connectivity index (χ0v) is 9.51. The van der Waals surface area contributed by atoms with Crippen molar-refractivity contribution in [1.82, 2.24) is 5.32 Å². The molecule has 2 aliphatic rings. The fourth-order valence-corrected chi connectivity index (χ4v) is 2.53. The maximum atomic E-state index is 6.08. The fourth-order valence-electron chi connectivity index (χ4n) is 2.53. The van der Waals surface area contributed by atoms with E-state index in [9.17, 15) is 0 Å². The second-order valence-corrected chi connectivity index (χ2v) is 5.61. The van der Waals surface area contributed by atoms with Gasteiger partial charge in [-0.25, -0.2) is 0 Å². The lowest BCUT2D eigenvalue weighted by Gasteiger charge is -2.35. The Kier molecular flexibility index (Phi) is 3.13. The maximum absolute atomic E-state index is 6.08. The van der Waals surface area contributed by atoms with E-state index in [4.69, 9.17) is 4.74 Å². The first-order valence-corrected chi connectivity index (χ1v) is 6.02. The van der Waals surface area contributed by atoms with Crippen LogP contribution in [-0.2, 0) is 4.74 Å². The first-order valence-electron chi connectivity index (χ1n) is 6.02. The maximum Gasteiger partial charge on any atom is 0.0715 e. The van der Waals surface area contributed by atoms with Crippen LogP contribution in [0.5, 0.6) is 0 Å². The minimum absolute atomic E-state index is 0.501. The third-order valence-corrected chi connectivity index (χ3v) is 3.69. The highest BCUT2D eigenvalue weighted by molar-refractivity contribution is 4.81. The Morgan fingerprint density at radius 2 is 1.79 bits per heavy atom. The molecule has 1 saturated carbocycles. The molecule has 1 aliphatic carbocycles. The summed E-state index contributed by atoms with van der Waals surface area (Å²) >= 11 is 0. The summed E-state index contributed by atoms with van der Waals surface area (Å²) in [5.74, 6) is 0. The van der Waals surface area contributed by atoms with Gasteiger partial charge >= 0.3 is 0 Å². The summed E-state index contributed by atoms with van der Waals surface area (Å²) in [5.41, 5.74) is 0.563. The van der Waals surface area contributed by atoms with Crippen LogP contribution in [0.2, 0.25) is 0 Å². The SMILES string of the molecule is CC1(C)CCC(O[C@H]2CCNC2)CC1. The summed E-state index contributed by atoms with van der Waals surface area (Å²) in [6, 6.07) is 0. The molecule has 2 heteroatoms. The van der Waals surface area contributed by atoms with Crippen LogP contribution in [0.1, 0.15) is 46.0 Å². The minimum Gasteiger partial charge on any atom is -0.374 e. The topological polar surface area (TPSA) is 21.3 Å². The van der Waals surface area contributed by atoms with Crippen LogP contribution < -0.4 is 5.32 Å². The summed E-state index contributed by atoms with van der Waals surface area (Å²) in [6.45, 7) is 6.96. The third-order valence-electron chi connectivity index (χ3n) is 3.69. The van der Waals surface area contributed by atoms with Gasteiger partial charge in [-0.2, -0.15) is 0 Å². The monoisotopic (exact) mass is 197 g/mol. The van der Waals surface area contributed by atoms with Crippen molar-refractivity contribution in [3.8, 4) is 0 Å². The smallest absolute Gasteiger partial charge is 0.0715 e. The molecule has 1 N–H and O–H groups in total. The van der Waals surface area contributed by atoms with E-state index in [1.54, 1.807) is 0 Å². The van der Waals surface area contributed by atoms with Crippen molar-refractivity contribution in [2.24, 2.45) is 5.41 Å². The lowest BCUT2D eigenvalue weighted by molar-refractivity contribution is -0.0364. The van der Waals surface area contributed by atoms with E-state index < -0.39 is 0 Å². The van der Waals surface area contributed by atoms with Crippen molar-refractivity contribution in [2.75, 3.05) is 13.1 Å². The molecule has 0 bridgehead atoms. The minimum atomic E-state index is 0.501. The molecule has 14 heavy (non-hydrogen) atoms. The summed E-state index contributed by atoms with van der Waals surface area (Å²) in [4.78, 5) is 0. The molecule has 0 radical (unpaired) electrons. The fraction of sp³-hybridized carbons (Fsp3) is 1.00. The molecule has 1 atom stereocenters. The van der Waals surface area contributed by atoms with Gasteiger partial charge in [0, 0.05) is 6.54 Å². The van der Waals surface area contributed by atoms with Crippen molar-refractivity contribution < 1.29 is 4.74 Å². The third kappa shape index (κ3) is 2.71. The van der Waals surface area contributed by atoms with Gasteiger partial charge in [0.1, 0.15) is 0 Å². The Labute approximate surface area is 87.4 Å². The highest BCUT2D eigenvalue weighted by Crippen LogP contribution is 2.36. The van der Waals surface area contributed by atoms with E-state index in [1.807, 2.05) is 0 Å². The van der Waals surface area contributed by atoms with Crippen molar-refractivity contribution in [3.63, 3.8) is 0 Å². The van der Waals surface area contributed by atoms with E-state index in [-0.39, 0.29) is 0 Å². The Hall–Kier alpha value is -0.0800. The molecular formula is C12H23NO. The second kappa shape index (κ2) is 4.19. The highest BCUT2D eigenvalue weighted by atomic mass is 16.5. The van der Waals surface area contributed by atoms with Crippen molar-refractivity contribution in [1.29, 1.82) is 0 Å². The molecular weight excluding hydrogens is 174 g/mol. The molecule has 0 aromatic heterocycles. The predicted molar refractivity (Wildman–Crippen MR) is 58.4 cm³/mol. The second-order valence-electron chi connectivity index (χ2n) is 5.61. The average Bonchev–Trinajstić information content (AvgIpc) is 2.61. The molecule has 82 valence electrons. The quantitative estimate of drug-likeness (QED) is 0.733. The van der Waals surface area contributed by atoms with Gasteiger partial charge in [-0.1, -0.05) is 13.8 Å². The van der Waals surface area contributed by atoms with Gasteiger partial charge in [-0.05, 0) is 44.1 Å². The standard InChI is InChI=1S/C12H23NO/c1-12(2)6-3-10(4-7-12)14-11-5-8-13-9-11/h10-11,13H,3-9H2,1-2H3/t11-/m0/s1. The van der Waals surface area contributed by atoms with Crippen molar-refractivity contribution in [3.05, 3.63) is 0 Å². The Morgan fingerprint density at radius 1 is 1.07 bits per heavy atom. The molecule has 0 spiro atoms. The first kappa shape index (κ1) is 10.4. The normalized spacial score (nSPS) is 33.4. The molecule has 2 fully saturated rings. The van der Waals surface area contributed by atoms with E-state index in [0.717, 1.165) is 13.1 Å². The van der Waals surface area contributed by atoms with Crippen LogP contribution in [-0.4, -0.2) is 25.3 Å². The number of hydrogen-bond donors (Lipinski definition) is 1. The van der Waals surface area contributed by atoms with Gasteiger partial charge in [0.25, 0.3) is 0 Å². The number of rotatable bonds is 2. The van der Waals surface area contributed by atoms with Crippen molar-refractivity contribution in [2.45, 2.75) is 58.2 Å². The summed E-state index contributed by atoms with van der Waals surface area (Å²) in [7, 11) is 0. The number of nitrogens with one attached hydrogen (secondary N) is 1. The van der Waals surface area contributed by atoms with Gasteiger partial charge in [-0.3, -0.25) is 0 Å². The van der Waals surface area contributed by atoms with Gasteiger partial charge < -0.3 is 10.1 Å². The van der Waals surface area contributed by atoms with Crippen LogP contribution >= 0.6 is 0 Å². The van der Waals surface area contributed by atoms with E-state index in [1.165, 1.54) is 32.1 Å². The Morgan fingerprint density at radius 3 is 2.36 bits per heavy atom. The van der Waals surface area contributed by atoms with Gasteiger partial charge in [0.05, 0.1) is 12.2 Å². The van der Waals surface area contributed by atoms with Crippen LogP contribution in [0.25, 0.3) is 0 Å². The van der Waals surface area contributed by atoms with Gasteiger partial charge in [0.15, 0.2) is 0 Å². The van der Waals surface area contributed by atoms with Crippen LogP contribution in [0.3, 0.4) is 0 Å². The molecule has 0 aromatic rings. The number of ether oxygens (including phenoxy) is 1. The number of hydrogen-bond acceptors (Lipinski definition) is 2. The average molecular weight is 197 g/mol. The van der Waals surface area contributed by atoms with Crippen LogP contribution in [0.15, 0.2) is 0 Å². The molecule has 0 unspecified atom stereocenters. The summed E-state index contributed by atoms with van der Waals surface area (Å²) in [5, 5.41) is 3.35. The highest BCUT2D eigenvalue weighted by Gasteiger charge is 2.29. The molecule has 1 heterocycles. The Bertz CT molecular complexity index is 175. The summed E-state index contributed by atoms with van der Waals surface area (Å²) < 4.78 is 6.08. The molecule has 0 aromatic carbocycles. The zero-order chi connectivity index (χ0) is 10.0. The zero-order valence-electron chi connectivity index (χ0n) is 9.51. The molecule has 2 nitrogen and oxygen atoms in total. The Balaban J connectivity index is 1.72. The van der Waals surface area contributed by atoms with Gasteiger partial charge in [0.2, 0.25) is 0 Å². The lowest BCUT2D eigenvalue weighted by Crippen LogP contribution is -2.30. The summed E-state index contributed by atoms with van der Waals surface area (Å²) in [6.07, 6.45) is 7.46. The largest absolute Gasteiger partial charge is 0.374 e. The molecule has 0 amide bonds. The lowest BCUT2D eigenvalue weighted by atomic mass is 9.76. The van der Waals surface area contributed by atoms with E-state index in [2.05, 4.69) is 19.2 Å². The van der Waals surface area contributed by atoms with Crippen LogP contribution in [0, 0.1) is 5.41 Å². The molecule has 2 rings (SSSR count). The van der Waals surface area contributed by atoms with E-state index >= 15 is 0 Å². The van der Waals surface area contributed by atoms with Crippen molar-refractivity contribution >= 4 is 0 Å². The molecule has 1 saturated heterocycles.